The molecule has 0 aliphatic rings. The molecule has 0 spiro atoms. The summed E-state index contributed by atoms with van der Waals surface area (Å²) in [5, 5.41) is 7.96. The van der Waals surface area contributed by atoms with E-state index in [0.717, 1.165) is 6.54 Å². The maximum Gasteiger partial charge on any atom is 0.0351 e. The molecule has 1 aromatic carbocycles. The third-order valence-electron chi connectivity index (χ3n) is 3.34. The molecule has 0 radical (unpaired) electrons. The second kappa shape index (κ2) is 6.35. The molecular weight excluding hydrogens is 282 g/mol. The molecule has 0 unspecified atom stereocenters. The predicted molar refractivity (Wildman–Crippen MR) is 89.3 cm³/mol. The normalized spacial score (nSPS) is 12.4. The fourth-order valence-corrected chi connectivity index (χ4v) is 3.78. The van der Waals surface area contributed by atoms with Crippen molar-refractivity contribution >= 4 is 22.7 Å². The van der Waals surface area contributed by atoms with Gasteiger partial charge >= 0.3 is 0 Å². The summed E-state index contributed by atoms with van der Waals surface area (Å²) in [6, 6.07) is 17.5. The van der Waals surface area contributed by atoms with Crippen LogP contribution in [0.1, 0.15) is 23.4 Å². The Morgan fingerprint density at radius 2 is 1.90 bits per heavy atom. The minimum Gasteiger partial charge on any atom is -0.305 e. The van der Waals surface area contributed by atoms with Crippen LogP contribution in [0.3, 0.4) is 0 Å². The van der Waals surface area contributed by atoms with Crippen LogP contribution in [0.2, 0.25) is 0 Å². The summed E-state index contributed by atoms with van der Waals surface area (Å²) >= 11 is 3.63. The summed E-state index contributed by atoms with van der Waals surface area (Å²) < 4.78 is 0. The van der Waals surface area contributed by atoms with Gasteiger partial charge in [-0.25, -0.2) is 0 Å². The third kappa shape index (κ3) is 3.18. The molecule has 1 atom stereocenters. The highest BCUT2D eigenvalue weighted by Crippen LogP contribution is 2.29. The van der Waals surface area contributed by atoms with E-state index in [4.69, 9.17) is 0 Å². The van der Waals surface area contributed by atoms with E-state index in [1.807, 2.05) is 11.3 Å². The Hall–Kier alpha value is -1.42. The second-order valence-electron chi connectivity index (χ2n) is 4.79. The number of thiophene rings is 2. The van der Waals surface area contributed by atoms with Crippen LogP contribution in [0, 0.1) is 0 Å². The van der Waals surface area contributed by atoms with Gasteiger partial charge in [-0.05, 0) is 35.4 Å². The lowest BCUT2D eigenvalue weighted by Gasteiger charge is -2.13. The Labute approximate surface area is 127 Å². The molecule has 3 aromatic rings. The summed E-state index contributed by atoms with van der Waals surface area (Å²) in [6.07, 6.45) is 0. The first kappa shape index (κ1) is 13.6. The molecule has 1 nitrogen and oxygen atoms in total. The summed E-state index contributed by atoms with van der Waals surface area (Å²) in [6.45, 7) is 3.13. The van der Waals surface area contributed by atoms with E-state index in [2.05, 4.69) is 71.5 Å². The van der Waals surface area contributed by atoms with E-state index < -0.39 is 0 Å². The maximum atomic E-state index is 3.59. The number of nitrogens with one attached hydrogen (secondary N) is 1. The quantitative estimate of drug-likeness (QED) is 0.671. The molecule has 2 heterocycles. The van der Waals surface area contributed by atoms with Gasteiger partial charge in [0.15, 0.2) is 0 Å². The lowest BCUT2D eigenvalue weighted by atomic mass is 10.1. The smallest absolute Gasteiger partial charge is 0.0351 e. The van der Waals surface area contributed by atoms with E-state index >= 15 is 0 Å². The molecule has 102 valence electrons. The Morgan fingerprint density at radius 3 is 2.65 bits per heavy atom. The average molecular weight is 299 g/mol. The zero-order valence-electron chi connectivity index (χ0n) is 11.4. The first-order valence-electron chi connectivity index (χ1n) is 6.72. The van der Waals surface area contributed by atoms with Crippen LogP contribution in [-0.2, 0) is 6.54 Å². The Balaban J connectivity index is 1.62. The highest BCUT2D eigenvalue weighted by Gasteiger charge is 2.06. The Bertz CT molecular complexity index is 641. The molecule has 2 aromatic heterocycles. The standard InChI is InChI=1S/C17H17NS2/c1-13(14-6-3-2-4-7-14)18-11-16-10-15(12-20-16)17-8-5-9-19-17/h2-10,12-13,18H,11H2,1H3/t13-/m1/s1. The minimum absolute atomic E-state index is 0.378. The summed E-state index contributed by atoms with van der Waals surface area (Å²) in [5.41, 5.74) is 2.68. The van der Waals surface area contributed by atoms with Gasteiger partial charge in [0.2, 0.25) is 0 Å². The zero-order valence-corrected chi connectivity index (χ0v) is 13.0. The molecular formula is C17H17NS2. The van der Waals surface area contributed by atoms with Crippen LogP contribution >= 0.6 is 22.7 Å². The first-order chi connectivity index (χ1) is 9.83. The monoisotopic (exact) mass is 299 g/mol. The zero-order chi connectivity index (χ0) is 13.8. The van der Waals surface area contributed by atoms with Crippen molar-refractivity contribution < 1.29 is 0 Å². The second-order valence-corrected chi connectivity index (χ2v) is 6.74. The van der Waals surface area contributed by atoms with Crippen molar-refractivity contribution in [2.75, 3.05) is 0 Å². The van der Waals surface area contributed by atoms with Gasteiger partial charge < -0.3 is 5.32 Å². The Morgan fingerprint density at radius 1 is 1.05 bits per heavy atom. The van der Waals surface area contributed by atoms with Crippen molar-refractivity contribution in [3.05, 3.63) is 69.7 Å². The lowest BCUT2D eigenvalue weighted by Crippen LogP contribution is -2.17. The molecule has 0 aliphatic heterocycles. The van der Waals surface area contributed by atoms with Crippen LogP contribution in [-0.4, -0.2) is 0 Å². The molecule has 0 saturated heterocycles. The minimum atomic E-state index is 0.378. The van der Waals surface area contributed by atoms with E-state index in [-0.39, 0.29) is 0 Å². The van der Waals surface area contributed by atoms with Gasteiger partial charge in [0.05, 0.1) is 0 Å². The number of rotatable bonds is 5. The van der Waals surface area contributed by atoms with Crippen molar-refractivity contribution in [2.24, 2.45) is 0 Å². The molecule has 1 N–H and O–H groups in total. The largest absolute Gasteiger partial charge is 0.305 e. The molecule has 3 rings (SSSR count). The first-order valence-corrected chi connectivity index (χ1v) is 8.48. The average Bonchev–Trinajstić information content (AvgIpc) is 3.16. The maximum absolute atomic E-state index is 3.59. The van der Waals surface area contributed by atoms with Crippen molar-refractivity contribution in [1.29, 1.82) is 0 Å². The van der Waals surface area contributed by atoms with Crippen molar-refractivity contribution in [3.8, 4) is 10.4 Å². The molecule has 0 bridgehead atoms. The fraction of sp³-hybridized carbons (Fsp3) is 0.176. The van der Waals surface area contributed by atoms with Gasteiger partial charge in [-0.15, -0.1) is 22.7 Å². The Kier molecular flexibility index (Phi) is 4.31. The highest BCUT2D eigenvalue weighted by molar-refractivity contribution is 7.14. The number of benzene rings is 1. The SMILES string of the molecule is C[C@@H](NCc1cc(-c2cccs2)cs1)c1ccccc1. The van der Waals surface area contributed by atoms with E-state index in [0.29, 0.717) is 6.04 Å². The van der Waals surface area contributed by atoms with E-state index in [1.165, 1.54) is 20.9 Å². The summed E-state index contributed by atoms with van der Waals surface area (Å²) in [7, 11) is 0. The van der Waals surface area contributed by atoms with Crippen molar-refractivity contribution in [2.45, 2.75) is 19.5 Å². The van der Waals surface area contributed by atoms with Crippen molar-refractivity contribution in [1.82, 2.24) is 5.32 Å². The van der Waals surface area contributed by atoms with Gasteiger partial charge in [0.25, 0.3) is 0 Å². The van der Waals surface area contributed by atoms with Gasteiger partial charge in [0, 0.05) is 27.9 Å². The van der Waals surface area contributed by atoms with Gasteiger partial charge in [-0.3, -0.25) is 0 Å². The summed E-state index contributed by atoms with van der Waals surface area (Å²) in [4.78, 5) is 2.74. The number of hydrogen-bond acceptors (Lipinski definition) is 3. The van der Waals surface area contributed by atoms with Crippen LogP contribution in [0.15, 0.2) is 59.3 Å². The molecule has 0 saturated carbocycles. The fourth-order valence-electron chi connectivity index (χ4n) is 2.16. The van der Waals surface area contributed by atoms with Crippen LogP contribution in [0.25, 0.3) is 10.4 Å². The van der Waals surface area contributed by atoms with E-state index in [1.54, 1.807) is 11.3 Å². The van der Waals surface area contributed by atoms with Gasteiger partial charge in [-0.2, -0.15) is 0 Å². The van der Waals surface area contributed by atoms with Gasteiger partial charge in [-0.1, -0.05) is 36.4 Å². The summed E-state index contributed by atoms with van der Waals surface area (Å²) in [5.74, 6) is 0. The molecule has 3 heteroatoms. The molecule has 0 fully saturated rings. The van der Waals surface area contributed by atoms with Crippen LogP contribution in [0.5, 0.6) is 0 Å². The van der Waals surface area contributed by atoms with Crippen LogP contribution in [0.4, 0.5) is 0 Å². The third-order valence-corrected chi connectivity index (χ3v) is 5.20. The highest BCUT2D eigenvalue weighted by atomic mass is 32.1. The van der Waals surface area contributed by atoms with E-state index in [9.17, 15) is 0 Å². The van der Waals surface area contributed by atoms with Crippen LogP contribution < -0.4 is 5.32 Å². The molecule has 0 amide bonds. The molecule has 20 heavy (non-hydrogen) atoms. The number of hydrogen-bond donors (Lipinski definition) is 1. The predicted octanol–water partition coefficient (Wildman–Crippen LogP) is 5.33. The van der Waals surface area contributed by atoms with Gasteiger partial charge in [0.1, 0.15) is 0 Å². The molecule has 0 aliphatic carbocycles. The van der Waals surface area contributed by atoms with Crippen molar-refractivity contribution in [3.63, 3.8) is 0 Å². The lowest BCUT2D eigenvalue weighted by molar-refractivity contribution is 0.579. The topological polar surface area (TPSA) is 12.0 Å².